The van der Waals surface area contributed by atoms with Gasteiger partial charge in [-0.25, -0.2) is 4.98 Å². The molecule has 0 aliphatic heterocycles. The molecule has 1 amide bonds. The highest BCUT2D eigenvalue weighted by molar-refractivity contribution is 6.41. The van der Waals surface area contributed by atoms with Crippen LogP contribution in [0.2, 0.25) is 10.0 Å². The van der Waals surface area contributed by atoms with Gasteiger partial charge in [0.1, 0.15) is 17.1 Å². The first kappa shape index (κ1) is 28.7. The molecule has 0 saturated heterocycles. The number of carbonyl (C=O) groups excluding carboxylic acids is 1. The molecule has 41 heavy (non-hydrogen) atoms. The number of carbonyl (C=O) groups is 1. The molecule has 2 heterocycles. The maximum Gasteiger partial charge on any atom is 0.259 e. The summed E-state index contributed by atoms with van der Waals surface area (Å²) < 4.78 is 12.2. The van der Waals surface area contributed by atoms with Crippen LogP contribution in [0.5, 0.6) is 11.5 Å². The Balaban J connectivity index is 1.51. The Morgan fingerprint density at radius 2 is 1.78 bits per heavy atom. The first-order valence-corrected chi connectivity index (χ1v) is 14.0. The third kappa shape index (κ3) is 5.56. The van der Waals surface area contributed by atoms with E-state index in [0.29, 0.717) is 45.9 Å². The summed E-state index contributed by atoms with van der Waals surface area (Å²) in [6.45, 7) is 3.59. The number of fused-ring (bicyclic) bond motifs is 1. The molecule has 0 spiro atoms. The summed E-state index contributed by atoms with van der Waals surface area (Å²) in [6, 6.07) is 3.00. The van der Waals surface area contributed by atoms with Crippen LogP contribution in [0.4, 0.5) is 5.95 Å². The predicted molar refractivity (Wildman–Crippen MR) is 162 cm³/mol. The first-order valence-electron chi connectivity index (χ1n) is 13.3. The number of aryl methyl sites for hydroxylation is 1. The van der Waals surface area contributed by atoms with E-state index in [-0.39, 0.29) is 39.2 Å². The van der Waals surface area contributed by atoms with E-state index in [9.17, 15) is 9.59 Å². The number of rotatable bonds is 8. The lowest BCUT2D eigenvalue weighted by atomic mass is 9.76. The predicted octanol–water partition coefficient (Wildman–Crippen LogP) is 5.31. The second-order valence-corrected chi connectivity index (χ2v) is 10.9. The lowest BCUT2D eigenvalue weighted by Gasteiger charge is -2.38. The number of hydrogen-bond donors (Lipinski definition) is 2. The van der Waals surface area contributed by atoms with Gasteiger partial charge < -0.3 is 20.1 Å². The zero-order valence-corrected chi connectivity index (χ0v) is 24.5. The number of ether oxygens (including phenoxy) is 2. The molecule has 2 N–H and O–H groups in total. The van der Waals surface area contributed by atoms with Crippen molar-refractivity contribution in [2.45, 2.75) is 31.3 Å². The molecule has 11 heteroatoms. The van der Waals surface area contributed by atoms with E-state index in [0.717, 1.165) is 19.3 Å². The molecule has 2 aliphatic rings. The number of halogens is 2. The highest BCUT2D eigenvalue weighted by Gasteiger charge is 2.34. The molecule has 0 radical (unpaired) electrons. The van der Waals surface area contributed by atoms with Gasteiger partial charge in [0, 0.05) is 42.3 Å². The van der Waals surface area contributed by atoms with Crippen LogP contribution >= 0.6 is 23.2 Å². The average Bonchev–Trinajstić information content (AvgIpc) is 3.52. The minimum Gasteiger partial charge on any atom is -0.495 e. The van der Waals surface area contributed by atoms with Crippen molar-refractivity contribution in [3.8, 4) is 22.6 Å². The van der Waals surface area contributed by atoms with E-state index < -0.39 is 0 Å². The normalized spacial score (nSPS) is 20.3. The fraction of sp³-hybridized carbons (Fsp3) is 0.333. The van der Waals surface area contributed by atoms with Crippen molar-refractivity contribution in [2.24, 2.45) is 18.9 Å². The zero-order valence-electron chi connectivity index (χ0n) is 23.0. The quantitative estimate of drug-likeness (QED) is 0.340. The van der Waals surface area contributed by atoms with Crippen LogP contribution in [0.15, 0.2) is 60.1 Å². The van der Waals surface area contributed by atoms with Crippen molar-refractivity contribution in [2.75, 3.05) is 19.5 Å². The topological polar surface area (TPSA) is 107 Å². The van der Waals surface area contributed by atoms with Gasteiger partial charge >= 0.3 is 0 Å². The summed E-state index contributed by atoms with van der Waals surface area (Å²) in [7, 11) is 4.58. The highest BCUT2D eigenvalue weighted by Crippen LogP contribution is 2.45. The molecule has 2 aromatic heterocycles. The Morgan fingerprint density at radius 3 is 2.41 bits per heavy atom. The number of aromatic nitrogens is 3. The molecule has 1 aromatic carbocycles. The Hall–Kier alpha value is -3.82. The summed E-state index contributed by atoms with van der Waals surface area (Å²) in [5.41, 5.74) is 0.642. The molecular weight excluding hydrogens is 565 g/mol. The maximum atomic E-state index is 13.6. The van der Waals surface area contributed by atoms with Crippen molar-refractivity contribution >= 4 is 46.1 Å². The SMILES string of the molecule is C=CC(=O)N[C@H]1CCC(C2C=CC=C2)C[C@H]1Nc1ncc2cc(-c3c(Cl)c(OC)cc(OC)c3Cl)c(=O)n(C)c2n1. The van der Waals surface area contributed by atoms with Crippen molar-refractivity contribution in [3.05, 3.63) is 75.7 Å². The third-order valence-electron chi connectivity index (χ3n) is 7.83. The molecule has 5 rings (SSSR count). The summed E-state index contributed by atoms with van der Waals surface area (Å²) in [5.74, 6) is 1.57. The average molecular weight is 597 g/mol. The third-order valence-corrected chi connectivity index (χ3v) is 8.58. The van der Waals surface area contributed by atoms with E-state index in [4.69, 9.17) is 37.7 Å². The van der Waals surface area contributed by atoms with Crippen LogP contribution in [0.3, 0.4) is 0 Å². The van der Waals surface area contributed by atoms with Gasteiger partial charge in [-0.05, 0) is 43.2 Å². The van der Waals surface area contributed by atoms with E-state index in [1.54, 1.807) is 25.4 Å². The van der Waals surface area contributed by atoms with Gasteiger partial charge in [-0.2, -0.15) is 4.98 Å². The van der Waals surface area contributed by atoms with Crippen molar-refractivity contribution in [3.63, 3.8) is 0 Å². The van der Waals surface area contributed by atoms with Crippen molar-refractivity contribution in [1.82, 2.24) is 19.9 Å². The van der Waals surface area contributed by atoms with E-state index in [2.05, 4.69) is 46.5 Å². The Morgan fingerprint density at radius 1 is 1.10 bits per heavy atom. The number of allylic oxidation sites excluding steroid dienone is 4. The van der Waals surface area contributed by atoms with Gasteiger partial charge in [0.05, 0.1) is 29.8 Å². The molecule has 3 aromatic rings. The van der Waals surface area contributed by atoms with Crippen molar-refractivity contribution in [1.29, 1.82) is 0 Å². The molecule has 1 fully saturated rings. The second-order valence-electron chi connectivity index (χ2n) is 10.2. The smallest absolute Gasteiger partial charge is 0.259 e. The minimum atomic E-state index is -0.352. The summed E-state index contributed by atoms with van der Waals surface area (Å²) in [5, 5.41) is 7.49. The number of methoxy groups -OCH3 is 2. The van der Waals surface area contributed by atoms with Gasteiger partial charge in [-0.1, -0.05) is 54.1 Å². The molecule has 1 unspecified atom stereocenters. The van der Waals surface area contributed by atoms with Crippen LogP contribution in [0.1, 0.15) is 19.3 Å². The Kier molecular flexibility index (Phi) is 8.37. The lowest BCUT2D eigenvalue weighted by Crippen LogP contribution is -2.50. The number of amides is 1. The van der Waals surface area contributed by atoms with Crippen LogP contribution in [-0.2, 0) is 11.8 Å². The minimum absolute atomic E-state index is 0.115. The van der Waals surface area contributed by atoms with Gasteiger partial charge in [-0.3, -0.25) is 14.2 Å². The number of hydrogen-bond acceptors (Lipinski definition) is 7. The number of nitrogens with one attached hydrogen (secondary N) is 2. The lowest BCUT2D eigenvalue weighted by molar-refractivity contribution is -0.117. The van der Waals surface area contributed by atoms with Crippen LogP contribution < -0.4 is 25.7 Å². The number of anilines is 1. The molecule has 2 aliphatic carbocycles. The fourth-order valence-electron chi connectivity index (χ4n) is 5.67. The molecule has 9 nitrogen and oxygen atoms in total. The van der Waals surface area contributed by atoms with Gasteiger partial charge in [0.25, 0.3) is 5.56 Å². The first-order chi connectivity index (χ1) is 19.7. The second kappa shape index (κ2) is 12.0. The number of benzene rings is 1. The largest absolute Gasteiger partial charge is 0.495 e. The van der Waals surface area contributed by atoms with Crippen LogP contribution in [-0.4, -0.2) is 46.7 Å². The van der Waals surface area contributed by atoms with Crippen LogP contribution in [0, 0.1) is 11.8 Å². The Labute approximate surface area is 247 Å². The standard InChI is InChI=1S/C30H31Cl2N5O4/c1-5-24(38)34-20-11-10-17(16-8-6-7-9-16)13-21(20)35-30-33-15-18-12-19(29(39)37(2)28(18)36-30)25-26(31)22(40-3)14-23(41-4)27(25)32/h5-9,12,14-17,20-21H,1,10-11,13H2,2-4H3,(H,34,38)(H,33,35,36)/t17?,20-,21+/m0/s1. The Bertz CT molecular complexity index is 1590. The van der Waals surface area contributed by atoms with Crippen molar-refractivity contribution < 1.29 is 14.3 Å². The molecule has 0 bridgehead atoms. The maximum absolute atomic E-state index is 13.6. The zero-order chi connectivity index (χ0) is 29.3. The highest BCUT2D eigenvalue weighted by atomic mass is 35.5. The molecule has 1 saturated carbocycles. The van der Waals surface area contributed by atoms with Crippen LogP contribution in [0.25, 0.3) is 22.2 Å². The van der Waals surface area contributed by atoms with Gasteiger partial charge in [0.15, 0.2) is 0 Å². The monoisotopic (exact) mass is 595 g/mol. The summed E-state index contributed by atoms with van der Waals surface area (Å²) >= 11 is 13.2. The van der Waals surface area contributed by atoms with E-state index in [1.165, 1.54) is 24.9 Å². The van der Waals surface area contributed by atoms with E-state index >= 15 is 0 Å². The summed E-state index contributed by atoms with van der Waals surface area (Å²) in [4.78, 5) is 35.0. The number of pyridine rings is 1. The molecular formula is C30H31Cl2N5O4. The van der Waals surface area contributed by atoms with Gasteiger partial charge in [0.2, 0.25) is 11.9 Å². The van der Waals surface area contributed by atoms with Gasteiger partial charge in [-0.15, -0.1) is 0 Å². The molecule has 214 valence electrons. The number of nitrogens with zero attached hydrogens (tertiary/aromatic N) is 3. The van der Waals surface area contributed by atoms with E-state index in [1.807, 2.05) is 0 Å². The fourth-order valence-corrected chi connectivity index (χ4v) is 6.38. The summed E-state index contributed by atoms with van der Waals surface area (Å²) in [6.07, 6.45) is 14.1. The molecule has 3 atom stereocenters.